The van der Waals surface area contributed by atoms with E-state index in [4.69, 9.17) is 4.52 Å². The van der Waals surface area contributed by atoms with E-state index < -0.39 is 0 Å². The molecule has 4 nitrogen and oxygen atoms in total. The molecular weight excluding hydrogens is 246 g/mol. The molecule has 0 saturated heterocycles. The predicted molar refractivity (Wildman–Crippen MR) is 70.5 cm³/mol. The van der Waals surface area contributed by atoms with Gasteiger partial charge in [0.15, 0.2) is 6.33 Å². The van der Waals surface area contributed by atoms with Crippen LogP contribution in [0.2, 0.25) is 0 Å². The zero-order valence-electron chi connectivity index (χ0n) is 10.0. The van der Waals surface area contributed by atoms with Crippen molar-refractivity contribution >= 4 is 11.8 Å². The zero-order chi connectivity index (χ0) is 12.2. The summed E-state index contributed by atoms with van der Waals surface area (Å²) in [6.45, 7) is 0.867. The SMILES string of the molecule is c1ccc2c(c1)SCCC2NCCc1ncno1. The molecule has 2 heterocycles. The van der Waals surface area contributed by atoms with Crippen LogP contribution in [0.15, 0.2) is 40.0 Å². The Morgan fingerprint density at radius 1 is 1.39 bits per heavy atom. The van der Waals surface area contributed by atoms with Gasteiger partial charge in [-0.3, -0.25) is 0 Å². The van der Waals surface area contributed by atoms with Crippen molar-refractivity contribution in [3.63, 3.8) is 0 Å². The minimum atomic E-state index is 0.449. The van der Waals surface area contributed by atoms with Gasteiger partial charge in [-0.25, -0.2) is 0 Å². The smallest absolute Gasteiger partial charge is 0.227 e. The summed E-state index contributed by atoms with van der Waals surface area (Å²) < 4.78 is 4.99. The van der Waals surface area contributed by atoms with Crippen LogP contribution in [-0.4, -0.2) is 22.4 Å². The zero-order valence-corrected chi connectivity index (χ0v) is 10.8. The number of rotatable bonds is 4. The number of nitrogens with zero attached hydrogens (tertiary/aromatic N) is 2. The minimum Gasteiger partial charge on any atom is -0.340 e. The Labute approximate surface area is 110 Å². The molecule has 1 atom stereocenters. The highest BCUT2D eigenvalue weighted by Gasteiger charge is 2.19. The van der Waals surface area contributed by atoms with Gasteiger partial charge in [-0.05, 0) is 23.8 Å². The van der Waals surface area contributed by atoms with Crippen molar-refractivity contribution in [3.8, 4) is 0 Å². The second kappa shape index (κ2) is 5.54. The molecule has 0 radical (unpaired) electrons. The molecule has 0 saturated carbocycles. The lowest BCUT2D eigenvalue weighted by Crippen LogP contribution is -2.26. The van der Waals surface area contributed by atoms with Gasteiger partial charge in [0.2, 0.25) is 5.89 Å². The molecule has 0 amide bonds. The molecule has 1 aliphatic heterocycles. The van der Waals surface area contributed by atoms with E-state index in [-0.39, 0.29) is 0 Å². The number of fused-ring (bicyclic) bond motifs is 1. The maximum absolute atomic E-state index is 4.99. The molecule has 1 aromatic carbocycles. The van der Waals surface area contributed by atoms with E-state index in [2.05, 4.69) is 39.7 Å². The molecule has 94 valence electrons. The van der Waals surface area contributed by atoms with Crippen molar-refractivity contribution < 1.29 is 4.52 Å². The van der Waals surface area contributed by atoms with E-state index in [9.17, 15) is 0 Å². The molecule has 1 aliphatic rings. The van der Waals surface area contributed by atoms with Crippen LogP contribution in [0.4, 0.5) is 0 Å². The molecule has 0 bridgehead atoms. The van der Waals surface area contributed by atoms with E-state index in [0.29, 0.717) is 11.9 Å². The normalized spacial score (nSPS) is 18.6. The molecule has 3 rings (SSSR count). The first kappa shape index (κ1) is 11.7. The molecule has 1 unspecified atom stereocenters. The van der Waals surface area contributed by atoms with Crippen molar-refractivity contribution in [2.24, 2.45) is 0 Å². The third-order valence-corrected chi connectivity index (χ3v) is 4.22. The van der Waals surface area contributed by atoms with Gasteiger partial charge in [-0.2, -0.15) is 4.98 Å². The van der Waals surface area contributed by atoms with Crippen molar-refractivity contribution in [3.05, 3.63) is 42.0 Å². The number of hydrogen-bond acceptors (Lipinski definition) is 5. The van der Waals surface area contributed by atoms with Gasteiger partial charge in [-0.1, -0.05) is 23.4 Å². The molecule has 1 N–H and O–H groups in total. The summed E-state index contributed by atoms with van der Waals surface area (Å²) in [5, 5.41) is 7.18. The second-order valence-electron chi connectivity index (χ2n) is 4.27. The summed E-state index contributed by atoms with van der Waals surface area (Å²) in [5.41, 5.74) is 1.42. The fraction of sp³-hybridized carbons (Fsp3) is 0.385. The average molecular weight is 261 g/mol. The Hall–Kier alpha value is -1.33. The summed E-state index contributed by atoms with van der Waals surface area (Å²) in [5.74, 6) is 1.87. The monoisotopic (exact) mass is 261 g/mol. The van der Waals surface area contributed by atoms with Crippen molar-refractivity contribution in [2.75, 3.05) is 12.3 Å². The van der Waals surface area contributed by atoms with Crippen molar-refractivity contribution in [1.29, 1.82) is 0 Å². The Morgan fingerprint density at radius 2 is 2.33 bits per heavy atom. The first-order valence-electron chi connectivity index (χ1n) is 6.14. The van der Waals surface area contributed by atoms with Crippen LogP contribution in [0, 0.1) is 0 Å². The second-order valence-corrected chi connectivity index (χ2v) is 5.40. The lowest BCUT2D eigenvalue weighted by Gasteiger charge is -2.25. The maximum atomic E-state index is 4.99. The molecule has 0 fully saturated rings. The molecule has 5 heteroatoms. The summed E-state index contributed by atoms with van der Waals surface area (Å²) in [4.78, 5) is 5.42. The molecule has 2 aromatic rings. The number of nitrogens with one attached hydrogen (secondary N) is 1. The largest absolute Gasteiger partial charge is 0.340 e. The summed E-state index contributed by atoms with van der Waals surface area (Å²) in [6.07, 6.45) is 3.40. The topological polar surface area (TPSA) is 51.0 Å². The van der Waals surface area contributed by atoms with Crippen LogP contribution in [0.1, 0.15) is 23.9 Å². The van der Waals surface area contributed by atoms with Gasteiger partial charge < -0.3 is 9.84 Å². The fourth-order valence-electron chi connectivity index (χ4n) is 2.21. The first-order valence-corrected chi connectivity index (χ1v) is 7.13. The van der Waals surface area contributed by atoms with E-state index in [1.54, 1.807) is 0 Å². The van der Waals surface area contributed by atoms with Crippen LogP contribution in [-0.2, 0) is 6.42 Å². The van der Waals surface area contributed by atoms with Crippen LogP contribution in [0.3, 0.4) is 0 Å². The minimum absolute atomic E-state index is 0.449. The van der Waals surface area contributed by atoms with Crippen LogP contribution in [0.5, 0.6) is 0 Å². The Bertz CT molecular complexity index is 501. The third kappa shape index (κ3) is 2.57. The number of benzene rings is 1. The number of thioether (sulfide) groups is 1. The van der Waals surface area contributed by atoms with Gasteiger partial charge in [0.05, 0.1) is 0 Å². The third-order valence-electron chi connectivity index (χ3n) is 3.10. The predicted octanol–water partition coefficient (Wildman–Crippen LogP) is 2.44. The van der Waals surface area contributed by atoms with Crippen LogP contribution < -0.4 is 5.32 Å². The van der Waals surface area contributed by atoms with Gasteiger partial charge in [-0.15, -0.1) is 11.8 Å². The summed E-state index contributed by atoms with van der Waals surface area (Å²) in [6, 6.07) is 9.08. The first-order chi connectivity index (χ1) is 8.93. The van der Waals surface area contributed by atoms with Gasteiger partial charge in [0.1, 0.15) is 0 Å². The average Bonchev–Trinajstić information content (AvgIpc) is 2.92. The Morgan fingerprint density at radius 3 is 3.22 bits per heavy atom. The Kier molecular flexibility index (Phi) is 3.61. The summed E-state index contributed by atoms with van der Waals surface area (Å²) >= 11 is 1.94. The molecule has 0 spiro atoms. The van der Waals surface area contributed by atoms with Crippen LogP contribution >= 0.6 is 11.8 Å². The molecule has 18 heavy (non-hydrogen) atoms. The van der Waals surface area contributed by atoms with Crippen molar-refractivity contribution in [1.82, 2.24) is 15.5 Å². The standard InChI is InChI=1S/C13H15N3OS/c1-2-4-12-10(3-1)11(6-8-18-12)14-7-5-13-15-9-16-17-13/h1-4,9,11,14H,5-8H2. The fourth-order valence-corrected chi connectivity index (χ4v) is 3.34. The highest BCUT2D eigenvalue weighted by atomic mass is 32.2. The van der Waals surface area contributed by atoms with E-state index in [0.717, 1.165) is 13.0 Å². The van der Waals surface area contributed by atoms with Gasteiger partial charge in [0.25, 0.3) is 0 Å². The van der Waals surface area contributed by atoms with E-state index >= 15 is 0 Å². The molecule has 1 aromatic heterocycles. The lowest BCUT2D eigenvalue weighted by atomic mass is 10.0. The maximum Gasteiger partial charge on any atom is 0.227 e. The molecular formula is C13H15N3OS. The molecule has 0 aliphatic carbocycles. The van der Waals surface area contributed by atoms with E-state index in [1.807, 2.05) is 11.8 Å². The van der Waals surface area contributed by atoms with E-state index in [1.165, 1.54) is 29.0 Å². The summed E-state index contributed by atoms with van der Waals surface area (Å²) in [7, 11) is 0. The Balaban J connectivity index is 1.60. The van der Waals surface area contributed by atoms with Crippen LogP contribution in [0.25, 0.3) is 0 Å². The van der Waals surface area contributed by atoms with Crippen molar-refractivity contribution in [2.45, 2.75) is 23.8 Å². The van der Waals surface area contributed by atoms with Gasteiger partial charge >= 0.3 is 0 Å². The van der Waals surface area contributed by atoms with Gasteiger partial charge in [0, 0.05) is 23.9 Å². The number of aromatic nitrogens is 2. The highest BCUT2D eigenvalue weighted by Crippen LogP contribution is 2.35. The quantitative estimate of drug-likeness (QED) is 0.916. The number of hydrogen-bond donors (Lipinski definition) is 1. The highest BCUT2D eigenvalue weighted by molar-refractivity contribution is 7.99. The lowest BCUT2D eigenvalue weighted by molar-refractivity contribution is 0.370.